The van der Waals surface area contributed by atoms with E-state index in [0.29, 0.717) is 12.8 Å². The molecule has 1 spiro atoms. The second kappa shape index (κ2) is 6.55. The van der Waals surface area contributed by atoms with Gasteiger partial charge in [-0.2, -0.15) is 0 Å². The van der Waals surface area contributed by atoms with Crippen molar-refractivity contribution in [2.24, 2.45) is 11.8 Å². The number of carbonyl (C=O) groups is 1. The molecule has 0 N–H and O–H groups in total. The molecule has 2 fully saturated rings. The van der Waals surface area contributed by atoms with Gasteiger partial charge >= 0.3 is 6.01 Å². The molecule has 3 heterocycles. The third-order valence-electron chi connectivity index (χ3n) is 5.14. The highest BCUT2D eigenvalue weighted by atomic mass is 32.2. The topological polar surface area (TPSA) is 89.5 Å². The molecule has 1 aromatic rings. The zero-order valence-electron chi connectivity index (χ0n) is 14.9. The monoisotopic (exact) mass is 367 g/mol. The number of amides is 1. The smallest absolute Gasteiger partial charge is 0.316 e. The largest absolute Gasteiger partial charge is 0.463 e. The predicted octanol–water partition coefficient (Wildman–Crippen LogP) is 1.23. The number of sulfone groups is 1. The summed E-state index contributed by atoms with van der Waals surface area (Å²) in [6.45, 7) is 6.64. The van der Waals surface area contributed by atoms with E-state index in [-0.39, 0.29) is 49.2 Å². The van der Waals surface area contributed by atoms with E-state index in [1.165, 1.54) is 0 Å². The summed E-state index contributed by atoms with van der Waals surface area (Å²) in [5, 5.41) is 0. The van der Waals surface area contributed by atoms with E-state index < -0.39 is 14.6 Å². The van der Waals surface area contributed by atoms with E-state index in [2.05, 4.69) is 9.97 Å². The molecule has 138 valence electrons. The van der Waals surface area contributed by atoms with Crippen LogP contribution in [-0.4, -0.2) is 59.4 Å². The Hall–Kier alpha value is -1.70. The Morgan fingerprint density at radius 1 is 1.44 bits per heavy atom. The number of nitrogens with zero attached hydrogens (tertiary/aromatic N) is 3. The lowest BCUT2D eigenvalue weighted by Gasteiger charge is -2.50. The maximum absolute atomic E-state index is 12.6. The van der Waals surface area contributed by atoms with Gasteiger partial charge in [0.2, 0.25) is 5.91 Å². The Morgan fingerprint density at radius 3 is 2.80 bits per heavy atom. The Labute approximate surface area is 148 Å². The first-order chi connectivity index (χ1) is 11.7. The molecule has 7 nitrogen and oxygen atoms in total. The van der Waals surface area contributed by atoms with Gasteiger partial charge in [-0.25, -0.2) is 18.4 Å². The van der Waals surface area contributed by atoms with E-state index in [1.54, 1.807) is 17.2 Å². The number of likely N-dealkylation sites (tertiary alicyclic amines) is 1. The van der Waals surface area contributed by atoms with Crippen LogP contribution in [0.2, 0.25) is 0 Å². The van der Waals surface area contributed by atoms with Crippen molar-refractivity contribution in [1.82, 2.24) is 14.9 Å². The molecule has 1 atom stereocenters. The Morgan fingerprint density at radius 2 is 2.16 bits per heavy atom. The first-order valence-electron chi connectivity index (χ1n) is 8.66. The van der Waals surface area contributed by atoms with Crippen LogP contribution in [-0.2, 0) is 14.6 Å². The molecule has 25 heavy (non-hydrogen) atoms. The van der Waals surface area contributed by atoms with Gasteiger partial charge in [0.1, 0.15) is 4.75 Å². The van der Waals surface area contributed by atoms with Gasteiger partial charge in [0.05, 0.1) is 12.4 Å². The number of hydrogen-bond acceptors (Lipinski definition) is 6. The van der Waals surface area contributed by atoms with Gasteiger partial charge in [-0.1, -0.05) is 13.8 Å². The van der Waals surface area contributed by atoms with Crippen molar-refractivity contribution >= 4 is 15.7 Å². The Bertz CT molecular complexity index is 757. The minimum absolute atomic E-state index is 0.0319. The molecule has 8 heteroatoms. The van der Waals surface area contributed by atoms with Gasteiger partial charge in [0, 0.05) is 37.3 Å². The van der Waals surface area contributed by atoms with Crippen molar-refractivity contribution < 1.29 is 17.9 Å². The molecule has 0 bridgehead atoms. The highest BCUT2D eigenvalue weighted by Gasteiger charge is 2.62. The van der Waals surface area contributed by atoms with Gasteiger partial charge in [-0.05, 0) is 25.3 Å². The summed E-state index contributed by atoms with van der Waals surface area (Å²) in [4.78, 5) is 22.1. The van der Waals surface area contributed by atoms with Crippen LogP contribution in [0.1, 0.15) is 32.4 Å². The molecular weight excluding hydrogens is 342 g/mol. The first kappa shape index (κ1) is 18.1. The number of aryl methyl sites for hydroxylation is 1. The predicted molar refractivity (Wildman–Crippen MR) is 92.9 cm³/mol. The Kier molecular flexibility index (Phi) is 4.74. The molecule has 0 saturated carbocycles. The number of carbonyl (C=O) groups excluding carboxylic acids is 1. The molecule has 0 radical (unpaired) electrons. The maximum atomic E-state index is 12.6. The summed E-state index contributed by atoms with van der Waals surface area (Å²) < 4.78 is 30.0. The van der Waals surface area contributed by atoms with Crippen LogP contribution in [0, 0.1) is 18.8 Å². The average molecular weight is 367 g/mol. The zero-order chi connectivity index (χ0) is 18.2. The van der Waals surface area contributed by atoms with Crippen molar-refractivity contribution in [2.45, 2.75) is 38.4 Å². The van der Waals surface area contributed by atoms with Crippen LogP contribution >= 0.6 is 0 Å². The molecule has 1 unspecified atom stereocenters. The molecule has 2 aliphatic rings. The normalized spacial score (nSPS) is 23.7. The number of rotatable bonds is 5. The molecule has 3 rings (SSSR count). The number of aromatic nitrogens is 2. The SMILES string of the molecule is Cc1ccnc(OCC2CCS(=O)(=O)C23CN(C(=O)CC(C)C)C3)n1. The van der Waals surface area contributed by atoms with Crippen molar-refractivity contribution in [3.8, 4) is 6.01 Å². The fourth-order valence-electron chi connectivity index (χ4n) is 3.63. The van der Waals surface area contributed by atoms with Crippen LogP contribution < -0.4 is 4.74 Å². The molecule has 1 aromatic heterocycles. The highest BCUT2D eigenvalue weighted by molar-refractivity contribution is 7.93. The van der Waals surface area contributed by atoms with Gasteiger partial charge in [-0.15, -0.1) is 0 Å². The van der Waals surface area contributed by atoms with Gasteiger partial charge in [0.15, 0.2) is 9.84 Å². The lowest BCUT2D eigenvalue weighted by atomic mass is 9.83. The first-order valence-corrected chi connectivity index (χ1v) is 10.3. The summed E-state index contributed by atoms with van der Waals surface area (Å²) >= 11 is 0. The summed E-state index contributed by atoms with van der Waals surface area (Å²) in [6, 6.07) is 2.05. The van der Waals surface area contributed by atoms with Gasteiger partial charge < -0.3 is 9.64 Å². The van der Waals surface area contributed by atoms with E-state index >= 15 is 0 Å². The summed E-state index contributed by atoms with van der Waals surface area (Å²) in [6.07, 6.45) is 2.63. The second-order valence-corrected chi connectivity index (χ2v) is 9.96. The molecular formula is C17H25N3O4S. The van der Waals surface area contributed by atoms with Crippen LogP contribution in [0.4, 0.5) is 0 Å². The summed E-state index contributed by atoms with van der Waals surface area (Å²) in [5.41, 5.74) is 0.799. The lowest BCUT2D eigenvalue weighted by Crippen LogP contribution is -2.69. The quantitative estimate of drug-likeness (QED) is 0.777. The van der Waals surface area contributed by atoms with Crippen LogP contribution in [0.15, 0.2) is 12.3 Å². The average Bonchev–Trinajstić information content (AvgIpc) is 2.73. The van der Waals surface area contributed by atoms with E-state index in [9.17, 15) is 13.2 Å². The minimum atomic E-state index is -3.22. The fraction of sp³-hybridized carbons (Fsp3) is 0.706. The number of hydrogen-bond donors (Lipinski definition) is 0. The fourth-order valence-corrected chi connectivity index (χ4v) is 6.03. The third kappa shape index (κ3) is 3.36. The standard InChI is InChI=1S/C17H25N3O4S/c1-12(2)8-15(21)20-10-17(11-20)14(5-7-25(17,22)23)9-24-16-18-6-4-13(3)19-16/h4,6,12,14H,5,7-11H2,1-3H3. The second-order valence-electron chi connectivity index (χ2n) is 7.51. The molecule has 2 saturated heterocycles. The van der Waals surface area contributed by atoms with Crippen molar-refractivity contribution in [1.29, 1.82) is 0 Å². The van der Waals surface area contributed by atoms with Crippen LogP contribution in [0.3, 0.4) is 0 Å². The molecule has 1 amide bonds. The van der Waals surface area contributed by atoms with E-state index in [1.807, 2.05) is 20.8 Å². The molecule has 2 aliphatic heterocycles. The van der Waals surface area contributed by atoms with Crippen LogP contribution in [0.5, 0.6) is 6.01 Å². The third-order valence-corrected chi connectivity index (χ3v) is 7.74. The van der Waals surface area contributed by atoms with Crippen LogP contribution in [0.25, 0.3) is 0 Å². The van der Waals surface area contributed by atoms with Gasteiger partial charge in [-0.3, -0.25) is 4.79 Å². The highest BCUT2D eigenvalue weighted by Crippen LogP contribution is 2.45. The van der Waals surface area contributed by atoms with Crippen molar-refractivity contribution in [3.05, 3.63) is 18.0 Å². The molecule has 0 aliphatic carbocycles. The van der Waals surface area contributed by atoms with E-state index in [0.717, 1.165) is 5.69 Å². The van der Waals surface area contributed by atoms with Crippen molar-refractivity contribution in [2.75, 3.05) is 25.4 Å². The summed E-state index contributed by atoms with van der Waals surface area (Å²) in [7, 11) is -3.22. The minimum Gasteiger partial charge on any atom is -0.463 e. The van der Waals surface area contributed by atoms with E-state index in [4.69, 9.17) is 4.74 Å². The van der Waals surface area contributed by atoms with Gasteiger partial charge in [0.25, 0.3) is 0 Å². The Balaban J connectivity index is 1.67. The lowest BCUT2D eigenvalue weighted by molar-refractivity contribution is -0.138. The number of ether oxygens (including phenoxy) is 1. The molecule has 0 aromatic carbocycles. The van der Waals surface area contributed by atoms with Crippen molar-refractivity contribution in [3.63, 3.8) is 0 Å². The maximum Gasteiger partial charge on any atom is 0.316 e. The zero-order valence-corrected chi connectivity index (χ0v) is 15.8. The summed E-state index contributed by atoms with van der Waals surface area (Å²) in [5.74, 6) is 0.318.